The predicted octanol–water partition coefficient (Wildman–Crippen LogP) is 2.80. The predicted molar refractivity (Wildman–Crippen MR) is 82.7 cm³/mol. The molecule has 0 aliphatic heterocycles. The van der Waals surface area contributed by atoms with Gasteiger partial charge in [0.05, 0.1) is 10.9 Å². The zero-order valence-electron chi connectivity index (χ0n) is 11.3. The Kier molecular flexibility index (Phi) is 2.30. The quantitative estimate of drug-likeness (QED) is 0.367. The average Bonchev–Trinajstić information content (AvgIpc) is 2.52. The minimum atomic E-state index is -0.330. The highest BCUT2D eigenvalue weighted by Gasteiger charge is 2.15. The zero-order valence-corrected chi connectivity index (χ0v) is 11.3. The molecule has 0 unspecified atom stereocenters. The number of aryl methyl sites for hydroxylation is 1. The number of fused-ring (bicyclic) bond motifs is 4. The Hall–Kier alpha value is -2.88. The van der Waals surface area contributed by atoms with Crippen LogP contribution in [0.1, 0.15) is 0 Å². The van der Waals surface area contributed by atoms with Gasteiger partial charge in [-0.25, -0.2) is 0 Å². The Balaban J connectivity index is 2.46. The van der Waals surface area contributed by atoms with Crippen molar-refractivity contribution in [3.05, 3.63) is 69.1 Å². The topological polar surface area (TPSA) is 52.2 Å². The first-order chi connectivity index (χ1) is 10.2. The van der Waals surface area contributed by atoms with Crippen LogP contribution in [0.4, 0.5) is 0 Å². The molecule has 4 aromatic rings. The molecule has 0 atom stereocenters. The van der Waals surface area contributed by atoms with Gasteiger partial charge in [0.1, 0.15) is 11.0 Å². The highest BCUT2D eigenvalue weighted by Crippen LogP contribution is 2.23. The minimum absolute atomic E-state index is 0.106. The third kappa shape index (κ3) is 1.50. The molecule has 0 fully saturated rings. The highest BCUT2D eigenvalue weighted by atomic mass is 16.3. The molecule has 0 aliphatic rings. The van der Waals surface area contributed by atoms with Crippen molar-refractivity contribution in [1.82, 2.24) is 4.57 Å². The second kappa shape index (κ2) is 4.06. The van der Waals surface area contributed by atoms with E-state index in [0.29, 0.717) is 16.6 Å². The summed E-state index contributed by atoms with van der Waals surface area (Å²) in [5, 5.41) is 1.30. The van der Waals surface area contributed by atoms with E-state index in [0.717, 1.165) is 10.9 Å². The van der Waals surface area contributed by atoms with Gasteiger partial charge in [0.15, 0.2) is 5.58 Å². The normalized spacial score (nSPS) is 11.5. The van der Waals surface area contributed by atoms with Gasteiger partial charge in [-0.1, -0.05) is 24.3 Å². The molecule has 2 aromatic heterocycles. The maximum Gasteiger partial charge on any atom is 0.265 e. The van der Waals surface area contributed by atoms with Gasteiger partial charge in [0.25, 0.3) is 5.56 Å². The van der Waals surface area contributed by atoms with Crippen LogP contribution in [0.15, 0.2) is 62.5 Å². The first-order valence-corrected chi connectivity index (χ1v) is 6.62. The van der Waals surface area contributed by atoms with Crippen molar-refractivity contribution < 1.29 is 4.42 Å². The molecule has 0 bridgehead atoms. The monoisotopic (exact) mass is 277 g/mol. The summed E-state index contributed by atoms with van der Waals surface area (Å²) in [5.41, 5.74) is 0.987. The summed E-state index contributed by atoms with van der Waals surface area (Å²) in [4.78, 5) is 25.1. The zero-order chi connectivity index (χ0) is 14.6. The van der Waals surface area contributed by atoms with Gasteiger partial charge in [0.2, 0.25) is 5.43 Å². The Bertz CT molecular complexity index is 1140. The largest absolute Gasteiger partial charge is 0.455 e. The van der Waals surface area contributed by atoms with Gasteiger partial charge >= 0.3 is 0 Å². The molecule has 0 amide bonds. The average molecular weight is 277 g/mol. The van der Waals surface area contributed by atoms with Gasteiger partial charge in [-0.2, -0.15) is 0 Å². The molecule has 4 heteroatoms. The lowest BCUT2D eigenvalue weighted by molar-refractivity contribution is 0.661. The number of para-hydroxylation sites is 2. The Labute approximate surface area is 118 Å². The summed E-state index contributed by atoms with van der Waals surface area (Å²) in [7, 11) is 1.67. The Morgan fingerprint density at radius 2 is 1.57 bits per heavy atom. The summed E-state index contributed by atoms with van der Waals surface area (Å²) in [6, 6.07) is 14.4. The van der Waals surface area contributed by atoms with Crippen molar-refractivity contribution in [3.8, 4) is 0 Å². The first-order valence-electron chi connectivity index (χ1n) is 6.62. The fraction of sp³-hybridized carbons (Fsp3) is 0.0588. The lowest BCUT2D eigenvalue weighted by Crippen LogP contribution is -2.23. The summed E-state index contributed by atoms with van der Waals surface area (Å²) >= 11 is 0. The van der Waals surface area contributed by atoms with Gasteiger partial charge in [-0.15, -0.1) is 0 Å². The first kappa shape index (κ1) is 11.9. The molecule has 0 saturated heterocycles. The summed E-state index contributed by atoms with van der Waals surface area (Å²) in [6.45, 7) is 0. The summed E-state index contributed by atoms with van der Waals surface area (Å²) in [6.07, 6.45) is 0. The van der Waals surface area contributed by atoms with Crippen molar-refractivity contribution >= 4 is 32.8 Å². The van der Waals surface area contributed by atoms with Crippen molar-refractivity contribution in [2.24, 2.45) is 7.05 Å². The molecule has 0 spiro atoms. The van der Waals surface area contributed by atoms with Crippen LogP contribution in [-0.2, 0) is 7.05 Å². The van der Waals surface area contributed by atoms with Crippen molar-refractivity contribution in [1.29, 1.82) is 0 Å². The van der Waals surface area contributed by atoms with E-state index in [1.165, 1.54) is 4.57 Å². The Morgan fingerprint density at radius 3 is 2.38 bits per heavy atom. The van der Waals surface area contributed by atoms with E-state index in [1.54, 1.807) is 31.3 Å². The van der Waals surface area contributed by atoms with Gasteiger partial charge in [0, 0.05) is 12.4 Å². The van der Waals surface area contributed by atoms with E-state index in [4.69, 9.17) is 4.42 Å². The lowest BCUT2D eigenvalue weighted by atomic mass is 10.1. The van der Waals surface area contributed by atoms with E-state index >= 15 is 0 Å². The standard InChI is InChI=1S/C17H11NO3/c1-18-12-8-4-2-6-10(12)16-14(17(18)20)15(19)11-7-3-5-9-13(11)21-16/h2-9H,1H3. The molecular formula is C17H11NO3. The fourth-order valence-corrected chi connectivity index (χ4v) is 2.76. The second-order valence-electron chi connectivity index (χ2n) is 5.01. The fourth-order valence-electron chi connectivity index (χ4n) is 2.76. The van der Waals surface area contributed by atoms with Crippen LogP contribution >= 0.6 is 0 Å². The lowest BCUT2D eigenvalue weighted by Gasteiger charge is -2.08. The number of hydrogen-bond donors (Lipinski definition) is 0. The molecule has 4 nitrogen and oxygen atoms in total. The van der Waals surface area contributed by atoms with Crippen molar-refractivity contribution in [3.63, 3.8) is 0 Å². The maximum atomic E-state index is 12.6. The number of rotatable bonds is 0. The molecule has 2 heterocycles. The number of aromatic nitrogens is 1. The molecule has 0 N–H and O–H groups in total. The van der Waals surface area contributed by atoms with E-state index in [-0.39, 0.29) is 16.4 Å². The SMILES string of the molecule is Cn1c(=O)c2c(=O)c3ccccc3oc2c2ccccc21. The molecular weight excluding hydrogens is 266 g/mol. The van der Waals surface area contributed by atoms with Crippen LogP contribution in [0.3, 0.4) is 0 Å². The number of nitrogens with zero attached hydrogens (tertiary/aromatic N) is 1. The Morgan fingerprint density at radius 1 is 0.905 bits per heavy atom. The maximum absolute atomic E-state index is 12.6. The van der Waals surface area contributed by atoms with E-state index in [2.05, 4.69) is 0 Å². The van der Waals surface area contributed by atoms with Crippen molar-refractivity contribution in [2.75, 3.05) is 0 Å². The second-order valence-corrected chi connectivity index (χ2v) is 5.01. The molecule has 2 aromatic carbocycles. The molecule has 0 saturated carbocycles. The van der Waals surface area contributed by atoms with Crippen LogP contribution in [0, 0.1) is 0 Å². The summed E-state index contributed by atoms with van der Waals surface area (Å²) in [5.74, 6) is 0. The van der Waals surface area contributed by atoms with Crippen LogP contribution in [0.5, 0.6) is 0 Å². The van der Waals surface area contributed by atoms with E-state index < -0.39 is 0 Å². The highest BCUT2D eigenvalue weighted by molar-refractivity contribution is 6.04. The van der Waals surface area contributed by atoms with E-state index in [1.807, 2.05) is 24.3 Å². The van der Waals surface area contributed by atoms with Crippen LogP contribution in [0.2, 0.25) is 0 Å². The molecule has 0 aliphatic carbocycles. The molecule has 4 rings (SSSR count). The smallest absolute Gasteiger partial charge is 0.265 e. The number of pyridine rings is 1. The molecule has 102 valence electrons. The molecule has 0 radical (unpaired) electrons. The number of benzene rings is 2. The van der Waals surface area contributed by atoms with Crippen LogP contribution in [-0.4, -0.2) is 4.57 Å². The third-order valence-electron chi connectivity index (χ3n) is 3.83. The van der Waals surface area contributed by atoms with Crippen LogP contribution < -0.4 is 11.0 Å². The third-order valence-corrected chi connectivity index (χ3v) is 3.83. The molecule has 21 heavy (non-hydrogen) atoms. The number of hydrogen-bond acceptors (Lipinski definition) is 3. The van der Waals surface area contributed by atoms with Gasteiger partial charge in [-0.05, 0) is 24.3 Å². The van der Waals surface area contributed by atoms with Crippen molar-refractivity contribution in [2.45, 2.75) is 0 Å². The van der Waals surface area contributed by atoms with Crippen LogP contribution in [0.25, 0.3) is 32.8 Å². The summed E-state index contributed by atoms with van der Waals surface area (Å²) < 4.78 is 7.35. The van der Waals surface area contributed by atoms with Gasteiger partial charge < -0.3 is 8.98 Å². The van der Waals surface area contributed by atoms with Gasteiger partial charge in [-0.3, -0.25) is 9.59 Å². The van der Waals surface area contributed by atoms with E-state index in [9.17, 15) is 9.59 Å². The minimum Gasteiger partial charge on any atom is -0.455 e.